The Labute approximate surface area is 144 Å². The molecule has 3 fully saturated rings. The van der Waals surface area contributed by atoms with Gasteiger partial charge in [0.05, 0.1) is 10.4 Å². The zero-order valence-corrected chi connectivity index (χ0v) is 14.4. The highest BCUT2D eigenvalue weighted by Gasteiger charge is 2.35. The summed E-state index contributed by atoms with van der Waals surface area (Å²) in [6.07, 6.45) is 4.81. The Hall–Kier alpha value is -1.99. The summed E-state index contributed by atoms with van der Waals surface area (Å²) in [5.74, 6) is 0.460. The molecule has 3 saturated heterocycles. The molecule has 1 unspecified atom stereocenters. The number of carbonyl (C=O) groups excluding carboxylic acids is 2. The highest BCUT2D eigenvalue weighted by molar-refractivity contribution is 7.17. The van der Waals surface area contributed by atoms with E-state index in [-0.39, 0.29) is 11.9 Å². The van der Waals surface area contributed by atoms with Crippen molar-refractivity contribution in [2.45, 2.75) is 18.9 Å². The van der Waals surface area contributed by atoms with Crippen LogP contribution >= 0.6 is 11.3 Å². The molecule has 0 saturated carbocycles. The molecule has 6 nitrogen and oxygen atoms in total. The second-order valence-corrected chi connectivity index (χ2v) is 7.53. The minimum atomic E-state index is -0.124. The maximum Gasteiger partial charge on any atom is 0.270 e. The summed E-state index contributed by atoms with van der Waals surface area (Å²) >= 11 is 1.52. The van der Waals surface area contributed by atoms with Crippen molar-refractivity contribution in [1.82, 2.24) is 15.2 Å². The Morgan fingerprint density at radius 2 is 2.25 bits per heavy atom. The van der Waals surface area contributed by atoms with Gasteiger partial charge in [-0.25, -0.2) is 4.98 Å². The lowest BCUT2D eigenvalue weighted by Gasteiger charge is -2.44. The van der Waals surface area contributed by atoms with Crippen LogP contribution in [0.1, 0.15) is 23.3 Å². The van der Waals surface area contributed by atoms with Crippen LogP contribution in [-0.2, 0) is 4.79 Å². The quantitative estimate of drug-likeness (QED) is 0.858. The highest BCUT2D eigenvalue weighted by atomic mass is 32.1. The van der Waals surface area contributed by atoms with E-state index in [0.717, 1.165) is 54.7 Å². The van der Waals surface area contributed by atoms with Gasteiger partial charge in [0.1, 0.15) is 5.69 Å². The van der Waals surface area contributed by atoms with E-state index in [2.05, 4.69) is 15.2 Å². The number of nitrogens with zero attached hydrogens (tertiary/aromatic N) is 3. The number of amides is 2. The minimum Gasteiger partial charge on any atom is -0.346 e. The molecule has 5 heterocycles. The molecule has 2 amide bonds. The van der Waals surface area contributed by atoms with Gasteiger partial charge >= 0.3 is 0 Å². The largest absolute Gasteiger partial charge is 0.346 e. The molecule has 1 N–H and O–H groups in total. The lowest BCUT2D eigenvalue weighted by Crippen LogP contribution is -2.57. The van der Waals surface area contributed by atoms with Crippen LogP contribution in [0.2, 0.25) is 0 Å². The second-order valence-electron chi connectivity index (χ2n) is 6.62. The number of piperidine rings is 3. The van der Waals surface area contributed by atoms with Crippen LogP contribution in [0.15, 0.2) is 17.6 Å². The van der Waals surface area contributed by atoms with Crippen LogP contribution in [0, 0.1) is 5.92 Å². The topological polar surface area (TPSA) is 65.5 Å². The summed E-state index contributed by atoms with van der Waals surface area (Å²) < 4.78 is 0.970. The molecule has 0 aromatic carbocycles. The smallest absolute Gasteiger partial charge is 0.270 e. The van der Waals surface area contributed by atoms with Crippen LogP contribution in [-0.4, -0.2) is 54.9 Å². The van der Waals surface area contributed by atoms with E-state index in [1.807, 2.05) is 5.38 Å². The predicted octanol–water partition coefficient (Wildman–Crippen LogP) is 1.71. The van der Waals surface area contributed by atoms with Crippen LogP contribution in [0.4, 0.5) is 5.69 Å². The summed E-state index contributed by atoms with van der Waals surface area (Å²) in [6, 6.07) is 2.01. The molecular weight excluding hydrogens is 324 g/mol. The van der Waals surface area contributed by atoms with E-state index >= 15 is 0 Å². The zero-order chi connectivity index (χ0) is 16.7. The molecular formula is C17H20N4O2S. The number of aromatic nitrogens is 1. The molecule has 3 aliphatic rings. The third-order valence-electron chi connectivity index (χ3n) is 5.18. The zero-order valence-electron chi connectivity index (χ0n) is 13.6. The Morgan fingerprint density at radius 1 is 1.46 bits per heavy atom. The fourth-order valence-electron chi connectivity index (χ4n) is 3.74. The van der Waals surface area contributed by atoms with Gasteiger partial charge in [-0.2, -0.15) is 0 Å². The van der Waals surface area contributed by atoms with Crippen LogP contribution in [0.5, 0.6) is 0 Å². The van der Waals surface area contributed by atoms with Gasteiger partial charge in [0.2, 0.25) is 6.41 Å². The molecule has 0 radical (unpaired) electrons. The van der Waals surface area contributed by atoms with Crippen molar-refractivity contribution >= 4 is 39.4 Å². The third kappa shape index (κ3) is 2.67. The molecule has 3 aliphatic heterocycles. The average Bonchev–Trinajstić information content (AvgIpc) is 3.05. The molecule has 126 valence electrons. The van der Waals surface area contributed by atoms with Gasteiger partial charge in [0.25, 0.3) is 5.91 Å². The second kappa shape index (κ2) is 6.14. The van der Waals surface area contributed by atoms with Crippen LogP contribution < -0.4 is 10.2 Å². The van der Waals surface area contributed by atoms with Gasteiger partial charge < -0.3 is 15.1 Å². The Bertz CT molecular complexity index is 782. The maximum absolute atomic E-state index is 12.6. The number of nitrogens with one attached hydrogen (secondary N) is 1. The number of fused-ring (bicyclic) bond motifs is 4. The average molecular weight is 344 g/mol. The normalized spacial score (nSPS) is 25.6. The van der Waals surface area contributed by atoms with E-state index in [9.17, 15) is 9.59 Å². The van der Waals surface area contributed by atoms with Gasteiger partial charge in [0, 0.05) is 36.6 Å². The predicted molar refractivity (Wildman–Crippen MR) is 94.5 cm³/mol. The van der Waals surface area contributed by atoms with Crippen molar-refractivity contribution in [3.8, 4) is 0 Å². The molecule has 5 rings (SSSR count). The van der Waals surface area contributed by atoms with Gasteiger partial charge in [-0.3, -0.25) is 9.59 Å². The van der Waals surface area contributed by atoms with Crippen molar-refractivity contribution in [3.05, 3.63) is 23.3 Å². The van der Waals surface area contributed by atoms with Crippen LogP contribution in [0.25, 0.3) is 10.1 Å². The summed E-state index contributed by atoms with van der Waals surface area (Å²) in [5.41, 5.74) is 1.22. The van der Waals surface area contributed by atoms with Crippen LogP contribution in [0.3, 0.4) is 0 Å². The van der Waals surface area contributed by atoms with Gasteiger partial charge in [-0.1, -0.05) is 0 Å². The summed E-state index contributed by atoms with van der Waals surface area (Å²) in [7, 11) is 1.71. The molecule has 2 aromatic heterocycles. The lowest BCUT2D eigenvalue weighted by molar-refractivity contribution is -0.107. The van der Waals surface area contributed by atoms with E-state index in [4.69, 9.17) is 0 Å². The van der Waals surface area contributed by atoms with Gasteiger partial charge in [-0.15, -0.1) is 11.3 Å². The molecule has 2 bridgehead atoms. The van der Waals surface area contributed by atoms with E-state index in [1.165, 1.54) is 16.2 Å². The Balaban J connectivity index is 1.57. The monoisotopic (exact) mass is 344 g/mol. The highest BCUT2D eigenvalue weighted by Crippen LogP contribution is 2.32. The first-order valence-electron chi connectivity index (χ1n) is 8.24. The number of pyridine rings is 1. The fourth-order valence-corrected chi connectivity index (χ4v) is 4.68. The number of hydrogen-bond donors (Lipinski definition) is 1. The summed E-state index contributed by atoms with van der Waals surface area (Å²) in [5, 5.41) is 5.97. The first-order chi connectivity index (χ1) is 11.7. The fraction of sp³-hybridized carbons (Fsp3) is 0.471. The van der Waals surface area contributed by atoms with Crippen molar-refractivity contribution in [3.63, 3.8) is 0 Å². The van der Waals surface area contributed by atoms with Gasteiger partial charge in [0.15, 0.2) is 0 Å². The molecule has 2 aromatic rings. The Kier molecular flexibility index (Phi) is 3.97. The van der Waals surface area contributed by atoms with Crippen molar-refractivity contribution in [2.75, 3.05) is 31.6 Å². The van der Waals surface area contributed by atoms with E-state index < -0.39 is 0 Å². The molecule has 0 spiro atoms. The minimum absolute atomic E-state index is 0.124. The first kappa shape index (κ1) is 15.5. The number of hydrogen-bond acceptors (Lipinski definition) is 5. The number of carbonyl (C=O) groups is 2. The molecule has 7 heteroatoms. The summed E-state index contributed by atoms with van der Waals surface area (Å²) in [6.45, 7) is 3.24. The molecule has 0 aliphatic carbocycles. The lowest BCUT2D eigenvalue weighted by atomic mass is 9.84. The molecule has 1 atom stereocenters. The van der Waals surface area contributed by atoms with E-state index in [0.29, 0.717) is 11.6 Å². The van der Waals surface area contributed by atoms with Gasteiger partial charge in [-0.05, 0) is 37.9 Å². The number of rotatable bonds is 4. The van der Waals surface area contributed by atoms with Crippen molar-refractivity contribution in [2.24, 2.45) is 5.92 Å². The molecule has 24 heavy (non-hydrogen) atoms. The summed E-state index contributed by atoms with van der Waals surface area (Å²) in [4.78, 5) is 31.9. The van der Waals surface area contributed by atoms with E-state index in [1.54, 1.807) is 19.3 Å². The third-order valence-corrected chi connectivity index (χ3v) is 6.10. The van der Waals surface area contributed by atoms with Crippen molar-refractivity contribution < 1.29 is 9.59 Å². The number of thiophene rings is 1. The Morgan fingerprint density at radius 3 is 2.92 bits per heavy atom. The number of anilines is 1. The SMILES string of the molecule is CN(C=O)c1csc2cnc(C(=O)NC3CN4CCC3CC4)cc12. The maximum atomic E-state index is 12.6. The standard InChI is InChI=1S/C17H20N4O2S/c1-20(10-22)15-9-24-16-7-18-13(6-12(15)16)17(23)19-14-8-21-4-2-11(14)3-5-21/h6-7,9-11,14H,2-5,8H2,1H3,(H,19,23). The first-order valence-corrected chi connectivity index (χ1v) is 9.12. The van der Waals surface area contributed by atoms with Crippen molar-refractivity contribution in [1.29, 1.82) is 0 Å².